The second kappa shape index (κ2) is 9.91. The third-order valence-corrected chi connectivity index (χ3v) is 7.09. The number of likely N-dealkylation sites (N-methyl/N-ethyl adjacent to an activating group) is 1. The summed E-state index contributed by atoms with van der Waals surface area (Å²) in [6.45, 7) is 2.90. The van der Waals surface area contributed by atoms with Crippen LogP contribution >= 0.6 is 0 Å². The topological polar surface area (TPSA) is 89.7 Å². The van der Waals surface area contributed by atoms with Crippen LogP contribution in [-0.4, -0.2) is 65.2 Å². The van der Waals surface area contributed by atoms with Crippen LogP contribution in [0.5, 0.6) is 0 Å². The van der Waals surface area contributed by atoms with Gasteiger partial charge in [-0.3, -0.25) is 4.79 Å². The van der Waals surface area contributed by atoms with Crippen LogP contribution in [-0.2, 0) is 22.5 Å². The Hall–Kier alpha value is -2.26. The highest BCUT2D eigenvalue weighted by Crippen LogP contribution is 2.32. The van der Waals surface area contributed by atoms with Gasteiger partial charge in [0.05, 0.1) is 32.2 Å². The van der Waals surface area contributed by atoms with Crippen molar-refractivity contribution in [3.05, 3.63) is 59.7 Å². The smallest absolute Gasteiger partial charge is 0.227 e. The third kappa shape index (κ3) is 5.33. The van der Waals surface area contributed by atoms with Gasteiger partial charge in [-0.2, -0.15) is 0 Å². The zero-order chi connectivity index (χ0) is 22.6. The van der Waals surface area contributed by atoms with E-state index in [1.807, 2.05) is 25.2 Å². The molecule has 2 aromatic rings. The van der Waals surface area contributed by atoms with Crippen molar-refractivity contribution in [2.45, 2.75) is 25.3 Å². The van der Waals surface area contributed by atoms with Crippen molar-refractivity contribution in [3.63, 3.8) is 0 Å². The van der Waals surface area contributed by atoms with Gasteiger partial charge in [0.2, 0.25) is 5.91 Å². The molecule has 1 aliphatic rings. The lowest BCUT2D eigenvalue weighted by molar-refractivity contribution is -0.131. The molecule has 0 aliphatic carbocycles. The number of nitrogens with zero attached hydrogens (tertiary/aromatic N) is 3. The second-order valence-electron chi connectivity index (χ2n) is 8.53. The van der Waals surface area contributed by atoms with Gasteiger partial charge >= 0.3 is 0 Å². The summed E-state index contributed by atoms with van der Waals surface area (Å²) in [5, 5.41) is 0. The average molecular weight is 445 g/mol. The van der Waals surface area contributed by atoms with E-state index < -0.39 is 15.2 Å². The first kappa shape index (κ1) is 23.4. The molecule has 0 radical (unpaired) electrons. The summed E-state index contributed by atoms with van der Waals surface area (Å²) in [4.78, 5) is 17.5. The first-order valence-corrected chi connectivity index (χ1v) is 11.6. The van der Waals surface area contributed by atoms with Gasteiger partial charge in [-0.25, -0.2) is 8.10 Å². The lowest BCUT2D eigenvalue weighted by atomic mass is 10.0. The van der Waals surface area contributed by atoms with Crippen molar-refractivity contribution in [3.8, 4) is 0 Å². The van der Waals surface area contributed by atoms with Crippen molar-refractivity contribution in [1.29, 1.82) is 0 Å². The number of hydrogen-bond acceptors (Lipinski definition) is 5. The quantitative estimate of drug-likeness (QED) is 0.384. The van der Waals surface area contributed by atoms with E-state index in [0.717, 1.165) is 25.2 Å². The molecule has 0 aromatic heterocycles. The first-order valence-electron chi connectivity index (χ1n) is 10.6. The minimum Gasteiger partial charge on any atom is -0.724 e. The van der Waals surface area contributed by atoms with Gasteiger partial charge in [0, 0.05) is 19.7 Å². The Labute approximate surface area is 187 Å². The number of amides is 1. The molecule has 1 aliphatic heterocycles. The summed E-state index contributed by atoms with van der Waals surface area (Å²) in [7, 11) is 4.94. The van der Waals surface area contributed by atoms with E-state index in [4.69, 9.17) is 5.73 Å². The molecule has 8 heteroatoms. The van der Waals surface area contributed by atoms with Crippen LogP contribution in [0, 0.1) is 0 Å². The molecule has 2 N–H and O–H groups in total. The van der Waals surface area contributed by atoms with E-state index in [1.54, 1.807) is 37.2 Å². The fourth-order valence-electron chi connectivity index (χ4n) is 4.10. The molecule has 1 saturated heterocycles. The number of nitrogen functional groups attached to an aromatic ring is 1. The Morgan fingerprint density at radius 3 is 2.42 bits per heavy atom. The van der Waals surface area contributed by atoms with Gasteiger partial charge < -0.3 is 20.1 Å². The van der Waals surface area contributed by atoms with Crippen LogP contribution < -0.4 is 9.62 Å². The molecule has 1 heterocycles. The Balaban J connectivity index is 1.83. The fourth-order valence-corrected chi connectivity index (χ4v) is 4.42. The molecule has 0 bridgehead atoms. The number of carbonyl (C=O) groups excluding carboxylic acids is 1. The fraction of sp³-hybridized carbons (Fsp3) is 0.435. The zero-order valence-electron chi connectivity index (χ0n) is 18.5. The molecule has 3 rings (SSSR count). The van der Waals surface area contributed by atoms with Gasteiger partial charge in [0.15, 0.2) is 17.0 Å². The van der Waals surface area contributed by atoms with Crippen LogP contribution in [0.25, 0.3) is 0 Å². The molecule has 0 saturated carbocycles. The number of para-hydroxylation sites is 1. The Bertz CT molecular complexity index is 930. The standard InChI is InChI=1S/C23H32N4O3S/c1-25(20(17-26-14-7-8-15-26)18-10-5-4-6-11-18)22(28)16-19-12-9-13-21(23(19)24)27(2,3)31(29)30/h4-6,9-13,20H,7-8,14-17,24H2,1-3H3/t20-/m1/s1. The van der Waals surface area contributed by atoms with Crippen LogP contribution in [0.4, 0.5) is 11.4 Å². The van der Waals surface area contributed by atoms with E-state index in [1.165, 1.54) is 12.8 Å². The van der Waals surface area contributed by atoms with Crippen LogP contribution in [0.2, 0.25) is 0 Å². The van der Waals surface area contributed by atoms with Gasteiger partial charge in [-0.15, -0.1) is 0 Å². The molecule has 2 atom stereocenters. The minimum atomic E-state index is -2.40. The van der Waals surface area contributed by atoms with E-state index in [0.29, 0.717) is 16.9 Å². The zero-order valence-corrected chi connectivity index (χ0v) is 19.3. The summed E-state index contributed by atoms with van der Waals surface area (Å²) >= 11 is -2.40. The van der Waals surface area contributed by atoms with Crippen molar-refractivity contribution < 1.29 is 13.6 Å². The minimum absolute atomic E-state index is 0.0505. The Kier molecular flexibility index (Phi) is 7.48. The van der Waals surface area contributed by atoms with E-state index in [2.05, 4.69) is 17.0 Å². The molecule has 1 fully saturated rings. The molecular formula is C23H32N4O3S. The van der Waals surface area contributed by atoms with Gasteiger partial charge in [-0.05, 0) is 37.1 Å². The molecule has 2 aromatic carbocycles. The van der Waals surface area contributed by atoms with E-state index >= 15 is 0 Å². The van der Waals surface area contributed by atoms with Crippen molar-refractivity contribution in [2.75, 3.05) is 46.5 Å². The average Bonchev–Trinajstić information content (AvgIpc) is 3.26. The summed E-state index contributed by atoms with van der Waals surface area (Å²) in [6.07, 6.45) is 2.50. The number of carbonyl (C=O) groups is 1. The molecule has 7 nitrogen and oxygen atoms in total. The largest absolute Gasteiger partial charge is 0.724 e. The van der Waals surface area contributed by atoms with E-state index in [9.17, 15) is 13.6 Å². The number of rotatable bonds is 8. The predicted octanol–water partition coefficient (Wildman–Crippen LogP) is 2.47. The summed E-state index contributed by atoms with van der Waals surface area (Å²) < 4.78 is 22.9. The highest BCUT2D eigenvalue weighted by Gasteiger charge is 2.28. The molecular weight excluding hydrogens is 412 g/mol. The van der Waals surface area contributed by atoms with Gasteiger partial charge in [0.25, 0.3) is 0 Å². The second-order valence-corrected chi connectivity index (χ2v) is 9.88. The highest BCUT2D eigenvalue weighted by molar-refractivity contribution is 7.78. The maximum atomic E-state index is 13.3. The van der Waals surface area contributed by atoms with Gasteiger partial charge in [0.1, 0.15) is 0 Å². The molecule has 1 unspecified atom stereocenters. The Morgan fingerprint density at radius 2 is 1.81 bits per heavy atom. The normalized spacial score (nSPS) is 16.8. The summed E-state index contributed by atoms with van der Waals surface area (Å²) in [5.74, 6) is -0.0505. The Morgan fingerprint density at radius 1 is 1.16 bits per heavy atom. The highest BCUT2D eigenvalue weighted by atomic mass is 32.2. The lowest BCUT2D eigenvalue weighted by Gasteiger charge is -2.33. The van der Waals surface area contributed by atoms with Crippen LogP contribution in [0.1, 0.15) is 30.0 Å². The van der Waals surface area contributed by atoms with Crippen molar-refractivity contribution in [2.24, 2.45) is 0 Å². The third-order valence-electron chi connectivity index (χ3n) is 6.14. The van der Waals surface area contributed by atoms with Crippen molar-refractivity contribution >= 4 is 28.5 Å². The monoisotopic (exact) mass is 444 g/mol. The SMILES string of the molecule is CN(C(=O)Cc1cccc([N+](C)(C)S(=O)[O-])c1N)[C@H](CN1CCCC1)c1ccccc1. The van der Waals surface area contributed by atoms with E-state index in [-0.39, 0.29) is 18.4 Å². The summed E-state index contributed by atoms with van der Waals surface area (Å²) in [6, 6.07) is 15.2. The maximum absolute atomic E-state index is 13.3. The van der Waals surface area contributed by atoms with Crippen molar-refractivity contribution in [1.82, 2.24) is 13.7 Å². The maximum Gasteiger partial charge on any atom is 0.227 e. The van der Waals surface area contributed by atoms with Crippen LogP contribution in [0.15, 0.2) is 48.5 Å². The first-order chi connectivity index (χ1) is 14.7. The number of hydrogen-bond donors (Lipinski definition) is 1. The molecule has 168 valence electrons. The predicted molar refractivity (Wildman–Crippen MR) is 125 cm³/mol. The lowest BCUT2D eigenvalue weighted by Crippen LogP contribution is -2.42. The molecule has 31 heavy (non-hydrogen) atoms. The number of quaternary nitrogens is 1. The number of likely N-dealkylation sites (tertiary alicyclic amines) is 1. The molecule has 0 spiro atoms. The number of nitrogens with two attached hydrogens (primary N) is 1. The van der Waals surface area contributed by atoms with Crippen LogP contribution in [0.3, 0.4) is 0 Å². The number of benzene rings is 2. The number of anilines is 1. The summed E-state index contributed by atoms with van der Waals surface area (Å²) in [5.41, 5.74) is 8.85. The van der Waals surface area contributed by atoms with Gasteiger partial charge in [-0.1, -0.05) is 42.5 Å². The molecule has 1 amide bonds.